The van der Waals surface area contributed by atoms with E-state index in [-0.39, 0.29) is 33.2 Å². The predicted octanol–water partition coefficient (Wildman–Crippen LogP) is 8.19. The first kappa shape index (κ1) is 36.2. The van der Waals surface area contributed by atoms with Crippen LogP contribution in [0.5, 0.6) is 0 Å². The Bertz CT molecular complexity index is 1340. The molecule has 2 unspecified atom stereocenters. The summed E-state index contributed by atoms with van der Waals surface area (Å²) < 4.78 is 38.7. The third kappa shape index (κ3) is 9.77. The molecule has 0 spiro atoms. The molecule has 2 atom stereocenters. The molecule has 0 amide bonds. The maximum Gasteiger partial charge on any atom is 0.416 e. The first-order chi connectivity index (χ1) is 20.2. The highest BCUT2D eigenvalue weighted by Gasteiger charge is 2.33. The van der Waals surface area contributed by atoms with Crippen molar-refractivity contribution in [2.24, 2.45) is 11.1 Å². The van der Waals surface area contributed by atoms with Crippen molar-refractivity contribution in [3.63, 3.8) is 0 Å². The molecule has 0 fully saturated rings. The fourth-order valence-corrected chi connectivity index (χ4v) is 6.11. The monoisotopic (exact) mass is 667 g/mol. The molecule has 16 heteroatoms. The van der Waals surface area contributed by atoms with Crippen molar-refractivity contribution in [2.75, 3.05) is 18.1 Å². The molecular formula is C27H34Cl2F3N5O5S. The molecule has 2 aromatic rings. The van der Waals surface area contributed by atoms with Crippen LogP contribution in [0.2, 0.25) is 10.0 Å². The van der Waals surface area contributed by atoms with Crippen LogP contribution in [-0.4, -0.2) is 48.9 Å². The number of nitrogens with two attached hydrogens (primary N) is 1. The second kappa shape index (κ2) is 16.2. The smallest absolute Gasteiger partial charge is 0.416 e. The number of aromatic nitrogens is 2. The van der Waals surface area contributed by atoms with Crippen molar-refractivity contribution in [2.45, 2.75) is 71.2 Å². The second-order valence-electron chi connectivity index (χ2n) is 9.60. The Morgan fingerprint density at radius 3 is 2.40 bits per heavy atom. The SMILES string of the molecule is CCC/C(=N\OCC)C1=C(O)CC(CC(C)SCC)CC1=O.Nc1c([N+](=O)[O-])cnn1-c1c(Cl)cc(C(F)(F)F)cc1Cl. The summed E-state index contributed by atoms with van der Waals surface area (Å²) in [5.74, 6) is 1.12. The highest BCUT2D eigenvalue weighted by Crippen LogP contribution is 2.39. The zero-order valence-corrected chi connectivity index (χ0v) is 26.4. The van der Waals surface area contributed by atoms with Crippen LogP contribution in [0.4, 0.5) is 24.7 Å². The van der Waals surface area contributed by atoms with E-state index in [2.05, 4.69) is 24.1 Å². The maximum absolute atomic E-state index is 12.6. The van der Waals surface area contributed by atoms with Gasteiger partial charge in [-0.2, -0.15) is 30.0 Å². The Kier molecular flexibility index (Phi) is 13.6. The largest absolute Gasteiger partial charge is 0.511 e. The van der Waals surface area contributed by atoms with Crippen molar-refractivity contribution in [3.8, 4) is 5.69 Å². The molecule has 0 aliphatic heterocycles. The van der Waals surface area contributed by atoms with Gasteiger partial charge < -0.3 is 15.7 Å². The number of rotatable bonds is 11. The van der Waals surface area contributed by atoms with Gasteiger partial charge in [0.05, 0.1) is 31.8 Å². The minimum absolute atomic E-state index is 0.00866. The van der Waals surface area contributed by atoms with E-state index in [1.165, 1.54) is 0 Å². The topological polar surface area (TPSA) is 146 Å². The summed E-state index contributed by atoms with van der Waals surface area (Å²) in [7, 11) is 0. The number of aliphatic hydroxyl groups is 1. The number of thioether (sulfide) groups is 1. The molecule has 10 nitrogen and oxygen atoms in total. The molecule has 0 radical (unpaired) electrons. The van der Waals surface area contributed by atoms with Crippen LogP contribution in [0.15, 0.2) is 34.8 Å². The normalized spacial score (nSPS) is 16.5. The minimum Gasteiger partial charge on any atom is -0.511 e. The summed E-state index contributed by atoms with van der Waals surface area (Å²) in [4.78, 5) is 27.5. The number of benzene rings is 1. The molecular weight excluding hydrogens is 634 g/mol. The summed E-state index contributed by atoms with van der Waals surface area (Å²) >= 11 is 13.4. The van der Waals surface area contributed by atoms with Crippen LogP contribution in [-0.2, 0) is 15.8 Å². The zero-order chi connectivity index (χ0) is 32.5. The average Bonchev–Trinajstić information content (AvgIpc) is 3.27. The molecule has 0 saturated heterocycles. The molecule has 43 heavy (non-hydrogen) atoms. The molecule has 0 bridgehead atoms. The number of nitrogens with zero attached hydrogens (tertiary/aromatic N) is 4. The van der Waals surface area contributed by atoms with Gasteiger partial charge in [0.2, 0.25) is 5.82 Å². The van der Waals surface area contributed by atoms with Crippen molar-refractivity contribution in [1.82, 2.24) is 9.78 Å². The average molecular weight is 669 g/mol. The number of oxime groups is 1. The summed E-state index contributed by atoms with van der Waals surface area (Å²) in [6.07, 6.45) is -0.227. The Hall–Kier alpha value is -2.97. The highest BCUT2D eigenvalue weighted by atomic mass is 35.5. The van der Waals surface area contributed by atoms with Crippen LogP contribution in [0, 0.1) is 16.0 Å². The third-order valence-electron chi connectivity index (χ3n) is 6.26. The summed E-state index contributed by atoms with van der Waals surface area (Å²) in [6.45, 7) is 8.67. The quantitative estimate of drug-likeness (QED) is 0.138. The number of alkyl halides is 3. The van der Waals surface area contributed by atoms with Gasteiger partial charge in [-0.25, -0.2) is 4.68 Å². The number of halogens is 5. The minimum atomic E-state index is -4.63. The third-order valence-corrected chi connectivity index (χ3v) is 7.93. The molecule has 3 N–H and O–H groups in total. The molecule has 3 rings (SSSR count). The molecule has 0 saturated carbocycles. The van der Waals surface area contributed by atoms with E-state index in [1.54, 1.807) is 0 Å². The first-order valence-electron chi connectivity index (χ1n) is 13.5. The number of Topliss-reactive ketones (excluding diaryl/α,β-unsaturated/α-hetero) is 1. The standard InChI is InChI=1S/C17H29NO3S.C10H5Cl2F3N4O2/c1-5-8-14(18-21-6-2)17-15(19)10-13(11-16(17)20)9-12(4)22-7-3;11-5-1-4(10(13,14)15)2-6(12)8(5)18-9(16)7(3-17-18)19(20)21/h12-13,19H,5-11H2,1-4H3;1-3H,16H2/b18-14+;. The first-order valence-corrected chi connectivity index (χ1v) is 15.3. The van der Waals surface area contributed by atoms with Gasteiger partial charge in [0.1, 0.15) is 24.3 Å². The Morgan fingerprint density at radius 1 is 1.30 bits per heavy atom. The molecule has 1 aromatic heterocycles. The number of anilines is 1. The molecule has 1 heterocycles. The van der Waals surface area contributed by atoms with Crippen molar-refractivity contribution in [3.05, 3.63) is 55.4 Å². The van der Waals surface area contributed by atoms with E-state index >= 15 is 0 Å². The van der Waals surface area contributed by atoms with Crippen molar-refractivity contribution < 1.29 is 32.8 Å². The van der Waals surface area contributed by atoms with Gasteiger partial charge in [0.25, 0.3) is 0 Å². The van der Waals surface area contributed by atoms with Gasteiger partial charge in [-0.15, -0.1) is 0 Å². The van der Waals surface area contributed by atoms with Gasteiger partial charge >= 0.3 is 11.9 Å². The summed E-state index contributed by atoms with van der Waals surface area (Å²) in [5.41, 5.74) is 4.78. The van der Waals surface area contributed by atoms with Crippen molar-refractivity contribution in [1.29, 1.82) is 0 Å². The number of hydrogen-bond donors (Lipinski definition) is 2. The fourth-order valence-electron chi connectivity index (χ4n) is 4.48. The molecule has 1 aliphatic rings. The number of allylic oxidation sites excluding steroid dienone is 2. The second-order valence-corrected chi connectivity index (χ2v) is 12.1. The number of aliphatic hydroxyl groups excluding tert-OH is 1. The molecule has 1 aliphatic carbocycles. The Labute approximate surface area is 261 Å². The van der Waals surface area contributed by atoms with Gasteiger partial charge in [-0.1, -0.05) is 55.5 Å². The number of ketones is 1. The van der Waals surface area contributed by atoms with E-state index in [0.717, 1.165) is 29.5 Å². The van der Waals surface area contributed by atoms with Crippen LogP contribution in [0.25, 0.3) is 5.69 Å². The zero-order valence-electron chi connectivity index (χ0n) is 24.1. The van der Waals surface area contributed by atoms with Crippen LogP contribution in [0.3, 0.4) is 0 Å². The molecule has 238 valence electrons. The van der Waals surface area contributed by atoms with Gasteiger partial charge in [0.15, 0.2) is 5.78 Å². The lowest BCUT2D eigenvalue weighted by atomic mass is 9.82. The summed E-state index contributed by atoms with van der Waals surface area (Å²) in [5, 5.41) is 28.4. The van der Waals surface area contributed by atoms with E-state index in [1.807, 2.05) is 25.6 Å². The van der Waals surface area contributed by atoms with Crippen molar-refractivity contribution >= 4 is 58.0 Å². The van der Waals surface area contributed by atoms with Crippen LogP contribution < -0.4 is 5.73 Å². The number of nitro groups is 1. The number of hydrogen-bond acceptors (Lipinski definition) is 9. The van der Waals surface area contributed by atoms with Crippen LogP contribution >= 0.6 is 35.0 Å². The predicted molar refractivity (Wildman–Crippen MR) is 163 cm³/mol. The number of carbonyl (C=O) groups excluding carboxylic acids is 1. The Balaban J connectivity index is 0.000000300. The van der Waals surface area contributed by atoms with Gasteiger partial charge in [0, 0.05) is 18.1 Å². The van der Waals surface area contributed by atoms with Gasteiger partial charge in [-0.05, 0) is 43.6 Å². The number of nitrogen functional groups attached to an aromatic ring is 1. The van der Waals surface area contributed by atoms with E-state index in [9.17, 15) is 33.2 Å². The lowest BCUT2D eigenvalue weighted by Crippen LogP contribution is -2.26. The van der Waals surface area contributed by atoms with E-state index in [4.69, 9.17) is 33.8 Å². The van der Waals surface area contributed by atoms with E-state index < -0.39 is 28.2 Å². The lowest BCUT2D eigenvalue weighted by molar-refractivity contribution is -0.383. The van der Waals surface area contributed by atoms with Gasteiger partial charge in [-0.3, -0.25) is 14.9 Å². The Morgan fingerprint density at radius 2 is 1.93 bits per heavy atom. The summed E-state index contributed by atoms with van der Waals surface area (Å²) in [6, 6.07) is 1.27. The number of carbonyl (C=O) groups is 1. The maximum atomic E-state index is 12.6. The van der Waals surface area contributed by atoms with Crippen LogP contribution in [0.1, 0.15) is 65.4 Å². The lowest BCUT2D eigenvalue weighted by Gasteiger charge is -2.25. The molecule has 1 aromatic carbocycles. The van der Waals surface area contributed by atoms with E-state index in [0.29, 0.717) is 54.5 Å². The highest BCUT2D eigenvalue weighted by molar-refractivity contribution is 7.99. The fraction of sp³-hybridized carbons (Fsp3) is 0.519.